The maximum absolute atomic E-state index is 11.8. The van der Waals surface area contributed by atoms with Crippen LogP contribution in [0.5, 0.6) is 0 Å². The largest absolute Gasteiger partial charge is 0.454 e. The molecule has 0 saturated carbocycles. The number of halogens is 2. The molecule has 8 heteroatoms. The van der Waals surface area contributed by atoms with E-state index in [2.05, 4.69) is 10.6 Å². The molecule has 0 saturated heterocycles. The smallest absolute Gasteiger partial charge is 0.325 e. The van der Waals surface area contributed by atoms with Crippen LogP contribution in [0.15, 0.2) is 48.5 Å². The molecule has 0 unspecified atom stereocenters. The Bertz CT molecular complexity index is 778. The lowest BCUT2D eigenvalue weighted by Crippen LogP contribution is -2.32. The first-order chi connectivity index (χ1) is 11.9. The minimum absolute atomic E-state index is 0.355. The average Bonchev–Trinajstić information content (AvgIpc) is 2.58. The number of rotatable bonds is 6. The quantitative estimate of drug-likeness (QED) is 0.754. The predicted octanol–water partition coefficient (Wildman–Crippen LogP) is 2.91. The van der Waals surface area contributed by atoms with Crippen LogP contribution in [0.4, 0.5) is 5.69 Å². The van der Waals surface area contributed by atoms with Crippen molar-refractivity contribution < 1.29 is 19.1 Å². The van der Waals surface area contributed by atoms with Gasteiger partial charge in [-0.3, -0.25) is 14.4 Å². The van der Waals surface area contributed by atoms with Crippen molar-refractivity contribution in [2.75, 3.05) is 18.5 Å². The molecule has 2 aromatic rings. The zero-order valence-electron chi connectivity index (χ0n) is 12.9. The Balaban J connectivity index is 1.72. The predicted molar refractivity (Wildman–Crippen MR) is 94.8 cm³/mol. The van der Waals surface area contributed by atoms with Gasteiger partial charge in [-0.2, -0.15) is 0 Å². The molecule has 6 nitrogen and oxygen atoms in total. The highest BCUT2D eigenvalue weighted by Gasteiger charge is 2.11. The molecule has 0 spiro atoms. The fourth-order valence-electron chi connectivity index (χ4n) is 1.82. The Kier molecular flexibility index (Phi) is 6.80. The molecule has 130 valence electrons. The van der Waals surface area contributed by atoms with Crippen molar-refractivity contribution in [2.24, 2.45) is 0 Å². The zero-order valence-corrected chi connectivity index (χ0v) is 14.4. The van der Waals surface area contributed by atoms with Gasteiger partial charge in [0.2, 0.25) is 0 Å². The van der Waals surface area contributed by atoms with Gasteiger partial charge in [-0.1, -0.05) is 29.3 Å². The van der Waals surface area contributed by atoms with E-state index in [1.54, 1.807) is 36.4 Å². The number of amides is 2. The van der Waals surface area contributed by atoms with Crippen molar-refractivity contribution in [3.05, 3.63) is 64.1 Å². The fraction of sp³-hybridized carbons (Fsp3) is 0.118. The molecule has 0 fully saturated rings. The Morgan fingerprint density at radius 2 is 1.68 bits per heavy atom. The standard InChI is InChI=1S/C17H14Cl2N2O4/c18-12-6-4-11(5-7-12)17(24)20-9-16(23)25-10-15(22)21-14-3-1-2-13(19)8-14/h1-8H,9-10H2,(H,20,24)(H,21,22). The van der Waals surface area contributed by atoms with Crippen molar-refractivity contribution in [1.82, 2.24) is 5.32 Å². The second kappa shape index (κ2) is 9.05. The topological polar surface area (TPSA) is 84.5 Å². The molecule has 0 aromatic heterocycles. The molecule has 2 aromatic carbocycles. The summed E-state index contributed by atoms with van der Waals surface area (Å²) in [5.41, 5.74) is 0.848. The lowest BCUT2D eigenvalue weighted by Gasteiger charge is -2.08. The lowest BCUT2D eigenvalue weighted by atomic mass is 10.2. The SMILES string of the molecule is O=C(COC(=O)CNC(=O)c1ccc(Cl)cc1)Nc1cccc(Cl)c1. The monoisotopic (exact) mass is 380 g/mol. The Labute approximate surface area is 154 Å². The van der Waals surface area contributed by atoms with Gasteiger partial charge in [0.05, 0.1) is 0 Å². The van der Waals surface area contributed by atoms with Crippen LogP contribution in [0.2, 0.25) is 10.0 Å². The number of hydrogen-bond donors (Lipinski definition) is 2. The van der Waals surface area contributed by atoms with Crippen LogP contribution in [-0.2, 0) is 14.3 Å². The highest BCUT2D eigenvalue weighted by Crippen LogP contribution is 2.14. The van der Waals surface area contributed by atoms with E-state index < -0.39 is 24.4 Å². The highest BCUT2D eigenvalue weighted by atomic mass is 35.5. The van der Waals surface area contributed by atoms with Crippen molar-refractivity contribution in [1.29, 1.82) is 0 Å². The summed E-state index contributed by atoms with van der Waals surface area (Å²) >= 11 is 11.5. The van der Waals surface area contributed by atoms with Crippen molar-refractivity contribution in [2.45, 2.75) is 0 Å². The van der Waals surface area contributed by atoms with Crippen LogP contribution in [0.1, 0.15) is 10.4 Å². The molecule has 2 amide bonds. The van der Waals surface area contributed by atoms with E-state index in [9.17, 15) is 14.4 Å². The van der Waals surface area contributed by atoms with E-state index in [1.165, 1.54) is 12.1 Å². The summed E-state index contributed by atoms with van der Waals surface area (Å²) in [6.07, 6.45) is 0. The summed E-state index contributed by atoms with van der Waals surface area (Å²) in [6.45, 7) is -0.825. The number of esters is 1. The second-order valence-electron chi connectivity index (χ2n) is 4.91. The van der Waals surface area contributed by atoms with E-state index in [-0.39, 0.29) is 6.54 Å². The van der Waals surface area contributed by atoms with Gasteiger partial charge in [0.1, 0.15) is 6.54 Å². The van der Waals surface area contributed by atoms with Gasteiger partial charge in [0.15, 0.2) is 6.61 Å². The van der Waals surface area contributed by atoms with Crippen LogP contribution in [0.25, 0.3) is 0 Å². The number of carbonyl (C=O) groups is 3. The van der Waals surface area contributed by atoms with Crippen LogP contribution < -0.4 is 10.6 Å². The van der Waals surface area contributed by atoms with Crippen molar-refractivity contribution >= 4 is 46.7 Å². The van der Waals surface area contributed by atoms with E-state index in [1.807, 2.05) is 0 Å². The molecular formula is C17H14Cl2N2O4. The molecule has 0 atom stereocenters. The number of carbonyl (C=O) groups excluding carboxylic acids is 3. The van der Waals surface area contributed by atoms with Crippen LogP contribution in [0, 0.1) is 0 Å². The van der Waals surface area contributed by atoms with Gasteiger partial charge in [0, 0.05) is 21.3 Å². The van der Waals surface area contributed by atoms with Gasteiger partial charge < -0.3 is 15.4 Å². The van der Waals surface area contributed by atoms with Gasteiger partial charge >= 0.3 is 5.97 Å². The molecule has 0 bridgehead atoms. The van der Waals surface area contributed by atoms with E-state index in [0.717, 1.165) is 0 Å². The maximum Gasteiger partial charge on any atom is 0.325 e. The second-order valence-corrected chi connectivity index (χ2v) is 5.78. The molecule has 0 aliphatic heterocycles. The van der Waals surface area contributed by atoms with Crippen LogP contribution in [-0.4, -0.2) is 30.9 Å². The van der Waals surface area contributed by atoms with Gasteiger partial charge in [0.25, 0.3) is 11.8 Å². The lowest BCUT2D eigenvalue weighted by molar-refractivity contribution is -0.146. The fourth-order valence-corrected chi connectivity index (χ4v) is 2.13. The van der Waals surface area contributed by atoms with E-state index in [4.69, 9.17) is 27.9 Å². The first kappa shape index (κ1) is 18.8. The molecule has 0 heterocycles. The Hall–Kier alpha value is -2.57. The van der Waals surface area contributed by atoms with Crippen molar-refractivity contribution in [3.63, 3.8) is 0 Å². The minimum Gasteiger partial charge on any atom is -0.454 e. The molecule has 0 aliphatic rings. The van der Waals surface area contributed by atoms with Gasteiger partial charge in [-0.25, -0.2) is 0 Å². The third-order valence-electron chi connectivity index (χ3n) is 2.97. The molecular weight excluding hydrogens is 367 g/mol. The molecule has 2 N–H and O–H groups in total. The van der Waals surface area contributed by atoms with Gasteiger partial charge in [-0.15, -0.1) is 0 Å². The summed E-state index contributed by atoms with van der Waals surface area (Å²) in [5, 5.41) is 5.90. The van der Waals surface area contributed by atoms with E-state index >= 15 is 0 Å². The summed E-state index contributed by atoms with van der Waals surface area (Å²) in [7, 11) is 0. The van der Waals surface area contributed by atoms with Crippen LogP contribution in [0.3, 0.4) is 0 Å². The first-order valence-electron chi connectivity index (χ1n) is 7.19. The van der Waals surface area contributed by atoms with Crippen molar-refractivity contribution in [3.8, 4) is 0 Å². The zero-order chi connectivity index (χ0) is 18.2. The summed E-state index contributed by atoms with van der Waals surface area (Å²) in [6, 6.07) is 12.7. The Morgan fingerprint density at radius 3 is 2.36 bits per heavy atom. The minimum atomic E-state index is -0.733. The highest BCUT2D eigenvalue weighted by molar-refractivity contribution is 6.31. The maximum atomic E-state index is 11.8. The molecule has 0 aliphatic carbocycles. The molecule has 25 heavy (non-hydrogen) atoms. The third-order valence-corrected chi connectivity index (χ3v) is 3.46. The summed E-state index contributed by atoms with van der Waals surface area (Å²) in [4.78, 5) is 35.1. The molecule has 2 rings (SSSR count). The number of nitrogens with one attached hydrogen (secondary N) is 2. The van der Waals surface area contributed by atoms with E-state index in [0.29, 0.717) is 21.3 Å². The first-order valence-corrected chi connectivity index (χ1v) is 7.94. The normalized spacial score (nSPS) is 10.0. The Morgan fingerprint density at radius 1 is 0.960 bits per heavy atom. The van der Waals surface area contributed by atoms with Crippen LogP contribution >= 0.6 is 23.2 Å². The van der Waals surface area contributed by atoms with Gasteiger partial charge in [-0.05, 0) is 42.5 Å². The number of hydrogen-bond acceptors (Lipinski definition) is 4. The number of benzene rings is 2. The number of anilines is 1. The summed E-state index contributed by atoms with van der Waals surface area (Å²) < 4.78 is 4.79. The summed E-state index contributed by atoms with van der Waals surface area (Å²) in [5.74, 6) is -1.69. The third kappa shape index (κ3) is 6.45. The number of ether oxygens (including phenoxy) is 1. The average molecular weight is 381 g/mol. The molecule has 0 radical (unpaired) electrons.